The molecule has 7 heteroatoms. The van der Waals surface area contributed by atoms with Gasteiger partial charge in [-0.1, -0.05) is 0 Å². The van der Waals surface area contributed by atoms with Crippen molar-refractivity contribution in [2.24, 2.45) is 0 Å². The summed E-state index contributed by atoms with van der Waals surface area (Å²) in [6.07, 6.45) is 0. The third kappa shape index (κ3) is 3.42. The third-order valence-corrected chi connectivity index (χ3v) is 3.96. The van der Waals surface area contributed by atoms with E-state index in [1.165, 1.54) is 19.2 Å². The number of sulfonamides is 1. The fourth-order valence-electron chi connectivity index (χ4n) is 1.33. The summed E-state index contributed by atoms with van der Waals surface area (Å²) in [5, 5.41) is 2.54. The van der Waals surface area contributed by atoms with Crippen LogP contribution in [0.3, 0.4) is 0 Å². The molecular weight excluding hydrogens is 264 g/mol. The minimum Gasteiger partial charge on any atom is -0.325 e. The van der Waals surface area contributed by atoms with E-state index in [0.717, 1.165) is 0 Å². The van der Waals surface area contributed by atoms with Crippen molar-refractivity contribution in [3.63, 3.8) is 0 Å². The number of anilines is 1. The summed E-state index contributed by atoms with van der Waals surface area (Å²) in [4.78, 5) is 11.2. The quantitative estimate of drug-likeness (QED) is 0.808. The molecule has 0 bridgehead atoms. The molecular formula is C10H13ClN2O3S. The topological polar surface area (TPSA) is 75.3 Å². The molecule has 0 radical (unpaired) electrons. The fourth-order valence-corrected chi connectivity index (χ4v) is 2.35. The summed E-state index contributed by atoms with van der Waals surface area (Å²) in [5.41, 5.74) is 1.06. The SMILES string of the molecule is CNS(=O)(=O)c1ccc(NC(=O)CCl)cc1C. The minimum absolute atomic E-state index is 0.143. The zero-order valence-electron chi connectivity index (χ0n) is 9.45. The summed E-state index contributed by atoms with van der Waals surface area (Å²) in [7, 11) is -2.12. The van der Waals surface area contributed by atoms with Gasteiger partial charge in [-0.25, -0.2) is 13.1 Å². The molecule has 0 spiro atoms. The van der Waals surface area contributed by atoms with E-state index in [0.29, 0.717) is 11.3 Å². The Labute approximate surface area is 105 Å². The lowest BCUT2D eigenvalue weighted by Gasteiger charge is -2.09. The number of amides is 1. The summed E-state index contributed by atoms with van der Waals surface area (Å²) in [6, 6.07) is 4.53. The first kappa shape index (κ1) is 14.0. The largest absolute Gasteiger partial charge is 0.325 e. The Morgan fingerprint density at radius 1 is 1.41 bits per heavy atom. The maximum atomic E-state index is 11.6. The van der Waals surface area contributed by atoms with Crippen molar-refractivity contribution in [1.82, 2.24) is 4.72 Å². The number of benzene rings is 1. The van der Waals surface area contributed by atoms with E-state index in [2.05, 4.69) is 10.0 Å². The van der Waals surface area contributed by atoms with Gasteiger partial charge in [0.2, 0.25) is 15.9 Å². The van der Waals surface area contributed by atoms with E-state index in [1.54, 1.807) is 13.0 Å². The first-order valence-electron chi connectivity index (χ1n) is 4.80. The van der Waals surface area contributed by atoms with Gasteiger partial charge in [0, 0.05) is 5.69 Å². The van der Waals surface area contributed by atoms with Gasteiger partial charge in [0.05, 0.1) is 4.90 Å². The van der Waals surface area contributed by atoms with Crippen LogP contribution in [-0.2, 0) is 14.8 Å². The first-order chi connectivity index (χ1) is 7.90. The predicted molar refractivity (Wildman–Crippen MR) is 66.8 cm³/mol. The van der Waals surface area contributed by atoms with Crippen molar-refractivity contribution in [3.8, 4) is 0 Å². The number of aryl methyl sites for hydroxylation is 1. The van der Waals surface area contributed by atoms with E-state index in [9.17, 15) is 13.2 Å². The molecule has 1 aromatic carbocycles. The summed E-state index contributed by atoms with van der Waals surface area (Å²) in [5.74, 6) is -0.481. The molecule has 0 unspecified atom stereocenters. The Kier molecular flexibility index (Phi) is 4.50. The number of hydrogen-bond acceptors (Lipinski definition) is 3. The molecule has 0 fully saturated rings. The molecule has 0 aliphatic heterocycles. The maximum Gasteiger partial charge on any atom is 0.240 e. The van der Waals surface area contributed by atoms with Crippen LogP contribution in [0.5, 0.6) is 0 Å². The molecule has 2 N–H and O–H groups in total. The van der Waals surface area contributed by atoms with E-state index in [1.807, 2.05) is 0 Å². The fraction of sp³-hybridized carbons (Fsp3) is 0.300. The molecule has 17 heavy (non-hydrogen) atoms. The lowest BCUT2D eigenvalue weighted by atomic mass is 10.2. The Bertz CT molecular complexity index is 528. The van der Waals surface area contributed by atoms with Crippen molar-refractivity contribution in [1.29, 1.82) is 0 Å². The second-order valence-corrected chi connectivity index (χ2v) is 5.49. The highest BCUT2D eigenvalue weighted by atomic mass is 35.5. The third-order valence-electron chi connectivity index (χ3n) is 2.14. The van der Waals surface area contributed by atoms with Gasteiger partial charge in [-0.05, 0) is 37.7 Å². The predicted octanol–water partition coefficient (Wildman–Crippen LogP) is 1.08. The second kappa shape index (κ2) is 5.48. The molecule has 1 aromatic rings. The van der Waals surface area contributed by atoms with Gasteiger partial charge in [-0.3, -0.25) is 4.79 Å². The zero-order valence-corrected chi connectivity index (χ0v) is 11.0. The number of carbonyl (C=O) groups excluding carboxylic acids is 1. The number of rotatable bonds is 4. The number of carbonyl (C=O) groups is 1. The first-order valence-corrected chi connectivity index (χ1v) is 6.82. The smallest absolute Gasteiger partial charge is 0.240 e. The van der Waals surface area contributed by atoms with Gasteiger partial charge >= 0.3 is 0 Å². The van der Waals surface area contributed by atoms with Crippen molar-refractivity contribution >= 4 is 33.2 Å². The van der Waals surface area contributed by atoms with Crippen LogP contribution in [0.2, 0.25) is 0 Å². The van der Waals surface area contributed by atoms with Crippen molar-refractivity contribution in [2.45, 2.75) is 11.8 Å². The van der Waals surface area contributed by atoms with Crippen LogP contribution < -0.4 is 10.0 Å². The highest BCUT2D eigenvalue weighted by molar-refractivity contribution is 7.89. The number of nitrogens with one attached hydrogen (secondary N) is 2. The van der Waals surface area contributed by atoms with Gasteiger partial charge < -0.3 is 5.32 Å². The lowest BCUT2D eigenvalue weighted by Crippen LogP contribution is -2.20. The second-order valence-electron chi connectivity index (χ2n) is 3.37. The Balaban J connectivity index is 3.07. The van der Waals surface area contributed by atoms with E-state index < -0.39 is 10.0 Å². The Morgan fingerprint density at radius 2 is 2.06 bits per heavy atom. The summed E-state index contributed by atoms with van der Waals surface area (Å²) >= 11 is 5.35. The number of alkyl halides is 1. The van der Waals surface area contributed by atoms with Gasteiger partial charge in [-0.15, -0.1) is 11.6 Å². The molecule has 5 nitrogen and oxygen atoms in total. The van der Waals surface area contributed by atoms with Gasteiger partial charge in [0.25, 0.3) is 0 Å². The molecule has 94 valence electrons. The highest BCUT2D eigenvalue weighted by Gasteiger charge is 2.14. The van der Waals surface area contributed by atoms with E-state index in [-0.39, 0.29) is 16.7 Å². The molecule has 0 aliphatic rings. The molecule has 0 heterocycles. The minimum atomic E-state index is -3.47. The van der Waals surface area contributed by atoms with Crippen LogP contribution in [0.1, 0.15) is 5.56 Å². The molecule has 0 atom stereocenters. The summed E-state index contributed by atoms with van der Waals surface area (Å²) in [6.45, 7) is 1.65. The zero-order chi connectivity index (χ0) is 13.1. The monoisotopic (exact) mass is 276 g/mol. The average molecular weight is 277 g/mol. The molecule has 0 saturated heterocycles. The highest BCUT2D eigenvalue weighted by Crippen LogP contribution is 2.19. The van der Waals surface area contributed by atoms with Crippen molar-refractivity contribution < 1.29 is 13.2 Å². The van der Waals surface area contributed by atoms with Crippen LogP contribution in [0.15, 0.2) is 23.1 Å². The molecule has 0 aliphatic carbocycles. The van der Waals surface area contributed by atoms with Gasteiger partial charge in [0.1, 0.15) is 5.88 Å². The Morgan fingerprint density at radius 3 is 2.53 bits per heavy atom. The maximum absolute atomic E-state index is 11.6. The van der Waals surface area contributed by atoms with Gasteiger partial charge in [0.15, 0.2) is 0 Å². The normalized spacial score (nSPS) is 11.2. The van der Waals surface area contributed by atoms with E-state index >= 15 is 0 Å². The summed E-state index contributed by atoms with van der Waals surface area (Å²) < 4.78 is 25.4. The molecule has 0 aromatic heterocycles. The van der Waals surface area contributed by atoms with Crippen LogP contribution in [0.4, 0.5) is 5.69 Å². The molecule has 1 rings (SSSR count). The standard InChI is InChI=1S/C10H13ClN2O3S/c1-7-5-8(13-10(14)6-11)3-4-9(7)17(15,16)12-2/h3-5,12H,6H2,1-2H3,(H,13,14). The van der Waals surface area contributed by atoms with E-state index in [4.69, 9.17) is 11.6 Å². The number of hydrogen-bond donors (Lipinski definition) is 2. The van der Waals surface area contributed by atoms with Crippen LogP contribution >= 0.6 is 11.6 Å². The van der Waals surface area contributed by atoms with Crippen molar-refractivity contribution in [3.05, 3.63) is 23.8 Å². The van der Waals surface area contributed by atoms with Crippen LogP contribution in [0, 0.1) is 6.92 Å². The van der Waals surface area contributed by atoms with Crippen LogP contribution in [-0.4, -0.2) is 27.3 Å². The molecule has 0 saturated carbocycles. The molecule has 1 amide bonds. The Hall–Kier alpha value is -1.11. The number of halogens is 1. The lowest BCUT2D eigenvalue weighted by molar-refractivity contribution is -0.113. The average Bonchev–Trinajstić information content (AvgIpc) is 2.28. The van der Waals surface area contributed by atoms with Gasteiger partial charge in [-0.2, -0.15) is 0 Å². The van der Waals surface area contributed by atoms with Crippen LogP contribution in [0.25, 0.3) is 0 Å². The van der Waals surface area contributed by atoms with Crippen molar-refractivity contribution in [2.75, 3.05) is 18.2 Å².